The Hall–Kier alpha value is -2.65. The van der Waals surface area contributed by atoms with Gasteiger partial charge >= 0.3 is 0 Å². The molecule has 0 radical (unpaired) electrons. The van der Waals surface area contributed by atoms with Gasteiger partial charge in [-0.05, 0) is 54.4 Å². The summed E-state index contributed by atoms with van der Waals surface area (Å²) < 4.78 is 34.6. The number of rotatable bonds is 6. The van der Waals surface area contributed by atoms with E-state index in [9.17, 15) is 18.5 Å². The summed E-state index contributed by atoms with van der Waals surface area (Å²) in [6.45, 7) is 1.84. The molecule has 0 bridgehead atoms. The van der Waals surface area contributed by atoms with E-state index in [0.717, 1.165) is 0 Å². The first-order valence-corrected chi connectivity index (χ1v) is 11.5. The molecule has 0 amide bonds. The van der Waals surface area contributed by atoms with Gasteiger partial charge in [0.15, 0.2) is 0 Å². The molecule has 0 fully saturated rings. The van der Waals surface area contributed by atoms with Crippen molar-refractivity contribution in [1.29, 1.82) is 0 Å². The fraction of sp³-hybridized carbons (Fsp3) is 0.143. The normalized spacial score (nSPS) is 13.0. The van der Waals surface area contributed by atoms with E-state index in [1.807, 2.05) is 6.92 Å². The number of furan rings is 1. The monoisotopic (exact) mass is 478 g/mol. The summed E-state index contributed by atoms with van der Waals surface area (Å²) >= 11 is 12.3. The number of halogens is 2. The van der Waals surface area contributed by atoms with E-state index in [1.54, 1.807) is 24.3 Å². The number of non-ortho nitro benzene ring substituents is 1. The first-order valence-electron chi connectivity index (χ1n) is 9.27. The van der Waals surface area contributed by atoms with Crippen LogP contribution in [0.25, 0.3) is 21.9 Å². The van der Waals surface area contributed by atoms with Crippen molar-refractivity contribution in [2.45, 2.75) is 24.3 Å². The maximum absolute atomic E-state index is 13.1. The molecule has 7 nitrogen and oxygen atoms in total. The summed E-state index contributed by atoms with van der Waals surface area (Å²) in [6, 6.07) is 13.0. The minimum atomic E-state index is -3.91. The number of nitrogens with one attached hydrogen (secondary N) is 1. The van der Waals surface area contributed by atoms with Crippen LogP contribution in [0.1, 0.15) is 24.9 Å². The summed E-state index contributed by atoms with van der Waals surface area (Å²) in [5.41, 5.74) is 1.22. The number of sulfonamides is 1. The Labute approximate surface area is 187 Å². The van der Waals surface area contributed by atoms with Crippen LogP contribution in [-0.2, 0) is 10.0 Å². The highest BCUT2D eigenvalue weighted by molar-refractivity contribution is 7.89. The quantitative estimate of drug-likeness (QED) is 0.261. The largest absolute Gasteiger partial charge is 0.456 e. The van der Waals surface area contributed by atoms with Crippen molar-refractivity contribution < 1.29 is 17.8 Å². The van der Waals surface area contributed by atoms with Gasteiger partial charge in [-0.15, -0.1) is 0 Å². The third-order valence-electron chi connectivity index (χ3n) is 4.99. The zero-order chi connectivity index (χ0) is 22.3. The molecule has 0 saturated carbocycles. The molecule has 3 aromatic carbocycles. The molecule has 1 N–H and O–H groups in total. The highest BCUT2D eigenvalue weighted by Crippen LogP contribution is 2.34. The average Bonchev–Trinajstić information content (AvgIpc) is 3.11. The minimum absolute atomic E-state index is 0.0395. The Bertz CT molecular complexity index is 1430. The molecule has 160 valence electrons. The van der Waals surface area contributed by atoms with Crippen molar-refractivity contribution >= 4 is 60.9 Å². The zero-order valence-electron chi connectivity index (χ0n) is 16.1. The van der Waals surface area contributed by atoms with Crippen LogP contribution in [0.2, 0.25) is 10.0 Å². The first-order chi connectivity index (χ1) is 14.7. The molecule has 1 aromatic heterocycles. The molecule has 0 spiro atoms. The van der Waals surface area contributed by atoms with Gasteiger partial charge in [0, 0.05) is 32.9 Å². The number of nitro groups is 1. The molecule has 1 heterocycles. The van der Waals surface area contributed by atoms with E-state index in [-0.39, 0.29) is 10.6 Å². The second-order valence-electron chi connectivity index (χ2n) is 6.95. The number of benzene rings is 3. The van der Waals surface area contributed by atoms with Crippen LogP contribution >= 0.6 is 23.2 Å². The van der Waals surface area contributed by atoms with E-state index in [1.165, 1.54) is 30.3 Å². The molecular weight excluding hydrogens is 463 g/mol. The molecule has 1 unspecified atom stereocenters. The van der Waals surface area contributed by atoms with E-state index >= 15 is 0 Å². The van der Waals surface area contributed by atoms with Gasteiger partial charge in [-0.1, -0.05) is 30.1 Å². The van der Waals surface area contributed by atoms with Crippen LogP contribution in [0.4, 0.5) is 5.69 Å². The van der Waals surface area contributed by atoms with E-state index in [2.05, 4.69) is 4.72 Å². The van der Waals surface area contributed by atoms with Crippen molar-refractivity contribution in [2.24, 2.45) is 0 Å². The highest BCUT2D eigenvalue weighted by atomic mass is 35.5. The zero-order valence-corrected chi connectivity index (χ0v) is 18.5. The summed E-state index contributed by atoms with van der Waals surface area (Å²) in [7, 11) is -3.91. The topological polar surface area (TPSA) is 102 Å². The highest BCUT2D eigenvalue weighted by Gasteiger charge is 2.23. The van der Waals surface area contributed by atoms with Crippen LogP contribution < -0.4 is 4.72 Å². The molecule has 10 heteroatoms. The molecule has 0 aliphatic rings. The van der Waals surface area contributed by atoms with Crippen molar-refractivity contribution in [3.05, 3.63) is 80.3 Å². The van der Waals surface area contributed by atoms with E-state index in [4.69, 9.17) is 27.6 Å². The molecule has 4 aromatic rings. The van der Waals surface area contributed by atoms with Gasteiger partial charge in [0.05, 0.1) is 15.9 Å². The number of nitrogens with zero attached hydrogens (tertiary/aromatic N) is 1. The van der Waals surface area contributed by atoms with Gasteiger partial charge < -0.3 is 4.42 Å². The third kappa shape index (κ3) is 4.12. The van der Waals surface area contributed by atoms with Crippen LogP contribution in [0, 0.1) is 10.1 Å². The fourth-order valence-electron chi connectivity index (χ4n) is 3.43. The van der Waals surface area contributed by atoms with Crippen molar-refractivity contribution in [3.63, 3.8) is 0 Å². The molecule has 0 saturated heterocycles. The first kappa shape index (κ1) is 21.6. The fourth-order valence-corrected chi connectivity index (χ4v) is 5.18. The van der Waals surface area contributed by atoms with E-state index < -0.39 is 21.0 Å². The van der Waals surface area contributed by atoms with Crippen molar-refractivity contribution in [1.82, 2.24) is 4.72 Å². The maximum atomic E-state index is 13.1. The number of hydrogen-bond acceptors (Lipinski definition) is 5. The van der Waals surface area contributed by atoms with Crippen molar-refractivity contribution in [3.8, 4) is 0 Å². The van der Waals surface area contributed by atoms with E-state index in [0.29, 0.717) is 44.0 Å². The van der Waals surface area contributed by atoms with Gasteiger partial charge in [-0.3, -0.25) is 10.1 Å². The number of nitro benzene ring substituents is 1. The average molecular weight is 479 g/mol. The maximum Gasteiger partial charge on any atom is 0.273 e. The lowest BCUT2D eigenvalue weighted by Crippen LogP contribution is -2.28. The van der Waals surface area contributed by atoms with Gasteiger partial charge in [-0.2, -0.15) is 0 Å². The number of fused-ring (bicyclic) bond motifs is 3. The summed E-state index contributed by atoms with van der Waals surface area (Å²) in [5.74, 6) is 0. The Kier molecular flexibility index (Phi) is 5.65. The lowest BCUT2D eigenvalue weighted by atomic mass is 10.1. The van der Waals surface area contributed by atoms with Gasteiger partial charge in [0.1, 0.15) is 11.2 Å². The lowest BCUT2D eigenvalue weighted by molar-refractivity contribution is -0.384. The van der Waals surface area contributed by atoms with Gasteiger partial charge in [0.25, 0.3) is 5.69 Å². The SMILES string of the molecule is CCC(NS(=O)(=O)c1ccc2oc3cc([N+](=O)[O-])ccc3c2c1)c1cc(Cl)ccc1Cl. The Morgan fingerprint density at radius 3 is 2.52 bits per heavy atom. The Morgan fingerprint density at radius 1 is 1.03 bits per heavy atom. The summed E-state index contributed by atoms with van der Waals surface area (Å²) in [4.78, 5) is 10.5. The van der Waals surface area contributed by atoms with Crippen LogP contribution in [-0.4, -0.2) is 13.3 Å². The Balaban J connectivity index is 1.74. The summed E-state index contributed by atoms with van der Waals surface area (Å²) in [5, 5.41) is 13.0. The van der Waals surface area contributed by atoms with Crippen molar-refractivity contribution in [2.75, 3.05) is 0 Å². The minimum Gasteiger partial charge on any atom is -0.456 e. The second kappa shape index (κ2) is 8.12. The van der Waals surface area contributed by atoms with Gasteiger partial charge in [-0.25, -0.2) is 13.1 Å². The molecule has 1 atom stereocenters. The summed E-state index contributed by atoms with van der Waals surface area (Å²) in [6.07, 6.45) is 0.458. The molecule has 0 aliphatic heterocycles. The lowest BCUT2D eigenvalue weighted by Gasteiger charge is -2.19. The molecule has 31 heavy (non-hydrogen) atoms. The third-order valence-corrected chi connectivity index (χ3v) is 7.04. The van der Waals surface area contributed by atoms with Crippen LogP contribution in [0.5, 0.6) is 0 Å². The predicted molar refractivity (Wildman–Crippen MR) is 120 cm³/mol. The number of hydrogen-bond donors (Lipinski definition) is 1. The molecule has 0 aliphatic carbocycles. The standard InChI is InChI=1S/C21H16Cl2N2O5S/c1-2-19(17-9-12(22)3-7-18(17)23)24-31(28,29)14-5-8-20-16(11-14)15-6-4-13(25(26)27)10-21(15)30-20/h3-11,19,24H,2H2,1H3. The Morgan fingerprint density at radius 2 is 1.81 bits per heavy atom. The van der Waals surface area contributed by atoms with Crippen LogP contribution in [0.3, 0.4) is 0 Å². The van der Waals surface area contributed by atoms with Gasteiger partial charge in [0.2, 0.25) is 10.0 Å². The smallest absolute Gasteiger partial charge is 0.273 e. The molecule has 4 rings (SSSR count). The predicted octanol–water partition coefficient (Wildman–Crippen LogP) is 6.23. The van der Waals surface area contributed by atoms with Crippen LogP contribution in [0.15, 0.2) is 63.9 Å². The second-order valence-corrected chi connectivity index (χ2v) is 9.50. The molecular formula is C21H16Cl2N2O5S.